The fourth-order valence-corrected chi connectivity index (χ4v) is 2.46. The zero-order valence-corrected chi connectivity index (χ0v) is 10.6. The minimum atomic E-state index is -0.233. The first kappa shape index (κ1) is 12.8. The van der Waals surface area contributed by atoms with Crippen molar-refractivity contribution in [1.29, 1.82) is 0 Å². The molecule has 5 nitrogen and oxygen atoms in total. The third-order valence-electron chi connectivity index (χ3n) is 3.51. The Morgan fingerprint density at radius 2 is 2.24 bits per heavy atom. The maximum absolute atomic E-state index is 12.3. The molecule has 5 heteroatoms. The molecule has 2 rings (SSSR count). The van der Waals surface area contributed by atoms with E-state index in [1.807, 2.05) is 11.9 Å². The third kappa shape index (κ3) is 2.97. The Hall–Kier alpha value is -0.650. The second kappa shape index (κ2) is 5.80. The van der Waals surface area contributed by atoms with Crippen LogP contribution in [0.15, 0.2) is 0 Å². The number of nitrogens with zero attached hydrogens (tertiary/aromatic N) is 1. The molecule has 2 fully saturated rings. The van der Waals surface area contributed by atoms with Crippen LogP contribution in [0.5, 0.6) is 0 Å². The molecular formula is C12H22N2O3. The summed E-state index contributed by atoms with van der Waals surface area (Å²) < 4.78 is 11.1. The number of carbonyl (C=O) groups excluding carboxylic acids is 1. The van der Waals surface area contributed by atoms with Crippen molar-refractivity contribution in [3.05, 3.63) is 0 Å². The van der Waals surface area contributed by atoms with E-state index in [1.54, 1.807) is 0 Å². The molecule has 3 unspecified atom stereocenters. The highest BCUT2D eigenvalue weighted by Gasteiger charge is 2.35. The number of amides is 1. The minimum absolute atomic E-state index is 0.106. The molecular weight excluding hydrogens is 220 g/mol. The molecule has 1 N–H and O–H groups in total. The van der Waals surface area contributed by atoms with Gasteiger partial charge in [-0.15, -0.1) is 0 Å². The predicted molar refractivity (Wildman–Crippen MR) is 63.8 cm³/mol. The Morgan fingerprint density at radius 1 is 1.41 bits per heavy atom. The first-order valence-electron chi connectivity index (χ1n) is 6.39. The molecule has 0 bridgehead atoms. The van der Waals surface area contributed by atoms with Gasteiger partial charge in [0.2, 0.25) is 0 Å². The molecule has 98 valence electrons. The van der Waals surface area contributed by atoms with Gasteiger partial charge in [-0.3, -0.25) is 4.79 Å². The predicted octanol–water partition coefficient (Wildman–Crippen LogP) is -0.142. The molecule has 2 saturated heterocycles. The van der Waals surface area contributed by atoms with Crippen LogP contribution < -0.4 is 5.32 Å². The van der Waals surface area contributed by atoms with Crippen molar-refractivity contribution < 1.29 is 14.3 Å². The summed E-state index contributed by atoms with van der Waals surface area (Å²) >= 11 is 0. The first-order chi connectivity index (χ1) is 8.22. The minimum Gasteiger partial charge on any atom is -0.373 e. The van der Waals surface area contributed by atoms with E-state index in [2.05, 4.69) is 12.2 Å². The van der Waals surface area contributed by atoms with E-state index in [0.717, 1.165) is 13.0 Å². The van der Waals surface area contributed by atoms with Gasteiger partial charge in [0.25, 0.3) is 5.91 Å². The van der Waals surface area contributed by atoms with Crippen molar-refractivity contribution in [3.63, 3.8) is 0 Å². The Balaban J connectivity index is 1.90. The van der Waals surface area contributed by atoms with Gasteiger partial charge in [0.15, 0.2) is 0 Å². The first-order valence-corrected chi connectivity index (χ1v) is 6.39. The van der Waals surface area contributed by atoms with Crippen molar-refractivity contribution in [1.82, 2.24) is 10.2 Å². The van der Waals surface area contributed by atoms with Crippen molar-refractivity contribution in [2.45, 2.75) is 25.6 Å². The average Bonchev–Trinajstić information content (AvgIpc) is 2.75. The summed E-state index contributed by atoms with van der Waals surface area (Å²) in [6, 6.07) is 0. The van der Waals surface area contributed by atoms with Crippen molar-refractivity contribution in [2.24, 2.45) is 5.92 Å². The van der Waals surface area contributed by atoms with Gasteiger partial charge in [-0.1, -0.05) is 6.92 Å². The Bertz CT molecular complexity index is 270. The molecule has 0 aromatic rings. The number of ether oxygens (including phenoxy) is 2. The highest BCUT2D eigenvalue weighted by molar-refractivity contribution is 5.81. The van der Waals surface area contributed by atoms with Crippen LogP contribution in [0.1, 0.15) is 13.3 Å². The van der Waals surface area contributed by atoms with Gasteiger partial charge in [-0.25, -0.2) is 0 Å². The number of rotatable bonds is 3. The van der Waals surface area contributed by atoms with Crippen LogP contribution in [0.25, 0.3) is 0 Å². The number of hydrogen-bond donors (Lipinski definition) is 1. The van der Waals surface area contributed by atoms with Crippen LogP contribution in [-0.4, -0.2) is 62.9 Å². The van der Waals surface area contributed by atoms with Crippen LogP contribution >= 0.6 is 0 Å². The summed E-state index contributed by atoms with van der Waals surface area (Å²) in [4.78, 5) is 14.2. The molecule has 0 spiro atoms. The lowest BCUT2D eigenvalue weighted by atomic mass is 10.0. The summed E-state index contributed by atoms with van der Waals surface area (Å²) in [5, 5.41) is 3.08. The molecule has 3 atom stereocenters. The largest absolute Gasteiger partial charge is 0.373 e. The number of nitrogens with one attached hydrogen (secondary N) is 1. The summed E-state index contributed by atoms with van der Waals surface area (Å²) in [5.41, 5.74) is 0. The number of likely N-dealkylation sites (N-methyl/N-ethyl adjacent to an activating group) is 1. The van der Waals surface area contributed by atoms with Gasteiger partial charge in [-0.05, 0) is 19.4 Å². The van der Waals surface area contributed by atoms with E-state index >= 15 is 0 Å². The quantitative estimate of drug-likeness (QED) is 0.748. The van der Waals surface area contributed by atoms with E-state index in [0.29, 0.717) is 32.2 Å². The molecule has 0 radical (unpaired) electrons. The van der Waals surface area contributed by atoms with Crippen molar-refractivity contribution in [3.8, 4) is 0 Å². The molecule has 2 aliphatic rings. The van der Waals surface area contributed by atoms with Crippen molar-refractivity contribution >= 4 is 5.91 Å². The molecule has 17 heavy (non-hydrogen) atoms. The van der Waals surface area contributed by atoms with Crippen molar-refractivity contribution in [2.75, 3.05) is 39.9 Å². The molecule has 0 aromatic heterocycles. The van der Waals surface area contributed by atoms with Gasteiger partial charge in [0.05, 0.1) is 12.7 Å². The van der Waals surface area contributed by atoms with E-state index in [1.165, 1.54) is 0 Å². The van der Waals surface area contributed by atoms with Crippen LogP contribution in [0.2, 0.25) is 0 Å². The SMILES string of the molecule is CNCC1CN(C(=O)C2OCCC2C)CCO1. The Labute approximate surface area is 102 Å². The summed E-state index contributed by atoms with van der Waals surface area (Å²) in [6.45, 7) is 5.56. The van der Waals surface area contributed by atoms with Crippen LogP contribution in [0.3, 0.4) is 0 Å². The Morgan fingerprint density at radius 3 is 2.88 bits per heavy atom. The lowest BCUT2D eigenvalue weighted by Crippen LogP contribution is -2.52. The summed E-state index contributed by atoms with van der Waals surface area (Å²) in [7, 11) is 1.90. The summed E-state index contributed by atoms with van der Waals surface area (Å²) in [5.74, 6) is 0.479. The van der Waals surface area contributed by atoms with E-state index in [-0.39, 0.29) is 18.1 Å². The van der Waals surface area contributed by atoms with Crippen LogP contribution in [0, 0.1) is 5.92 Å². The van der Waals surface area contributed by atoms with E-state index in [9.17, 15) is 4.79 Å². The molecule has 0 saturated carbocycles. The van der Waals surface area contributed by atoms with Crippen LogP contribution in [0.4, 0.5) is 0 Å². The number of hydrogen-bond acceptors (Lipinski definition) is 4. The summed E-state index contributed by atoms with van der Waals surface area (Å²) in [6.07, 6.45) is 0.860. The normalized spacial score (nSPS) is 34.0. The fraction of sp³-hybridized carbons (Fsp3) is 0.917. The maximum Gasteiger partial charge on any atom is 0.252 e. The van der Waals surface area contributed by atoms with E-state index < -0.39 is 0 Å². The topological polar surface area (TPSA) is 50.8 Å². The molecule has 0 aromatic carbocycles. The smallest absolute Gasteiger partial charge is 0.252 e. The molecule has 2 aliphatic heterocycles. The van der Waals surface area contributed by atoms with Gasteiger partial charge in [0, 0.05) is 26.2 Å². The average molecular weight is 242 g/mol. The molecule has 1 amide bonds. The maximum atomic E-state index is 12.3. The molecule has 2 heterocycles. The van der Waals surface area contributed by atoms with Gasteiger partial charge < -0.3 is 19.7 Å². The standard InChI is InChI=1S/C12H22N2O3/c1-9-3-5-17-11(9)12(15)14-4-6-16-10(8-14)7-13-2/h9-11,13H,3-8H2,1-2H3. The van der Waals surface area contributed by atoms with Gasteiger partial charge >= 0.3 is 0 Å². The zero-order chi connectivity index (χ0) is 12.3. The number of morpholine rings is 1. The monoisotopic (exact) mass is 242 g/mol. The number of carbonyl (C=O) groups is 1. The zero-order valence-electron chi connectivity index (χ0n) is 10.6. The lowest BCUT2D eigenvalue weighted by Gasteiger charge is -2.34. The van der Waals surface area contributed by atoms with Gasteiger partial charge in [0.1, 0.15) is 6.10 Å². The molecule has 0 aliphatic carbocycles. The van der Waals surface area contributed by atoms with Gasteiger partial charge in [-0.2, -0.15) is 0 Å². The highest BCUT2D eigenvalue weighted by Crippen LogP contribution is 2.22. The Kier molecular flexibility index (Phi) is 4.36. The lowest BCUT2D eigenvalue weighted by molar-refractivity contribution is -0.149. The third-order valence-corrected chi connectivity index (χ3v) is 3.51. The second-order valence-electron chi connectivity index (χ2n) is 4.89. The second-order valence-corrected chi connectivity index (χ2v) is 4.89. The highest BCUT2D eigenvalue weighted by atomic mass is 16.5. The fourth-order valence-electron chi connectivity index (χ4n) is 2.46. The van der Waals surface area contributed by atoms with E-state index in [4.69, 9.17) is 9.47 Å². The van der Waals surface area contributed by atoms with Crippen LogP contribution in [-0.2, 0) is 14.3 Å².